The van der Waals surface area contributed by atoms with Crippen LogP contribution >= 0.6 is 0 Å². The lowest BCUT2D eigenvalue weighted by molar-refractivity contribution is -0.186. The number of hydrogen-bond acceptors (Lipinski definition) is 14. The molecule has 2 bridgehead atoms. The van der Waals surface area contributed by atoms with E-state index in [0.29, 0.717) is 30.7 Å². The van der Waals surface area contributed by atoms with Crippen LogP contribution in [-0.4, -0.2) is 121 Å². The quantitative estimate of drug-likeness (QED) is 0.115. The maximum Gasteiger partial charge on any atom is 0.348 e. The fraction of sp³-hybridized carbons (Fsp3) is 0.552. The number of carbonyl (C=O) groups is 5. The smallest absolute Gasteiger partial charge is 0.348 e. The number of piperidine rings is 1. The van der Waals surface area contributed by atoms with E-state index >= 15 is 0 Å². The van der Waals surface area contributed by atoms with Crippen molar-refractivity contribution in [2.75, 3.05) is 13.6 Å². The van der Waals surface area contributed by atoms with E-state index in [0.717, 1.165) is 18.1 Å². The molecule has 1 spiro atoms. The first-order valence-electron chi connectivity index (χ1n) is 14.1. The minimum absolute atomic E-state index is 0.0479. The van der Waals surface area contributed by atoms with Crippen LogP contribution in [-0.2, 0) is 56.6 Å². The molecule has 244 valence electrons. The number of carboxylic acid groups (broad SMARTS) is 2. The molecule has 0 saturated carbocycles. The third-order valence-electron chi connectivity index (χ3n) is 9.15. The van der Waals surface area contributed by atoms with E-state index < -0.39 is 77.8 Å². The molecule has 16 nitrogen and oxygen atoms in total. The average molecular weight is 636 g/mol. The van der Waals surface area contributed by atoms with Crippen LogP contribution in [0.4, 0.5) is 0 Å². The zero-order valence-corrected chi connectivity index (χ0v) is 24.2. The van der Waals surface area contributed by atoms with Gasteiger partial charge < -0.3 is 54.5 Å². The SMILES string of the molecule is C[C@H](OC(=O)[C@H](O)[C@@H](O)C(=O)OC1=CC[C@@]2(O)[C@H]3Cc4ccc(CO)c5c4[C@@]2(CCN3C)[C@H]1O5)C(=O)O[C@@H](CC(=O)O)C(=O)O. The van der Waals surface area contributed by atoms with Crippen molar-refractivity contribution in [3.63, 3.8) is 0 Å². The maximum atomic E-state index is 13.0. The summed E-state index contributed by atoms with van der Waals surface area (Å²) in [4.78, 5) is 61.6. The standard InChI is InChI=1S/C29H33NO15/c1-12(25(38)44-16(24(36)37)10-18(32)33)42-26(39)20(34)21(35)27(40)43-15-5-6-29(41)17-9-13-3-4-14(11-31)22-19(13)28(29,23(15)45-22)7-8-30(17)2/h3-5,12,16-17,20-21,23,31,34-35,41H,6-11H2,1-2H3,(H,32,33)(H,36,37)/t12-,16-,17+,20+,21+,23-,28-,29+/m0/s1. The Morgan fingerprint density at radius 1 is 1.07 bits per heavy atom. The van der Waals surface area contributed by atoms with Crippen LogP contribution in [0.15, 0.2) is 24.0 Å². The molecule has 2 aliphatic heterocycles. The van der Waals surface area contributed by atoms with Gasteiger partial charge in [-0.15, -0.1) is 0 Å². The van der Waals surface area contributed by atoms with E-state index in [1.54, 1.807) is 6.07 Å². The number of ether oxygens (including phenoxy) is 4. The van der Waals surface area contributed by atoms with Crippen LogP contribution in [0.3, 0.4) is 0 Å². The van der Waals surface area contributed by atoms with E-state index in [1.807, 2.05) is 13.1 Å². The first-order chi connectivity index (χ1) is 21.2. The monoisotopic (exact) mass is 635 g/mol. The van der Waals surface area contributed by atoms with Gasteiger partial charge in [0.15, 0.2) is 24.4 Å². The number of carboxylic acids is 2. The lowest BCUT2D eigenvalue weighted by Crippen LogP contribution is -2.74. The first kappa shape index (κ1) is 32.3. The zero-order valence-electron chi connectivity index (χ0n) is 24.2. The Hall–Kier alpha value is -4.09. The van der Waals surface area contributed by atoms with Crippen LogP contribution < -0.4 is 4.74 Å². The molecule has 8 atom stereocenters. The van der Waals surface area contributed by atoms with Gasteiger partial charge in [0.05, 0.1) is 24.0 Å². The lowest BCUT2D eigenvalue weighted by atomic mass is 9.50. The van der Waals surface area contributed by atoms with Crippen molar-refractivity contribution >= 4 is 29.8 Å². The van der Waals surface area contributed by atoms with E-state index in [-0.39, 0.29) is 24.8 Å². The molecule has 6 N–H and O–H groups in total. The van der Waals surface area contributed by atoms with Crippen molar-refractivity contribution in [3.05, 3.63) is 40.7 Å². The van der Waals surface area contributed by atoms with Gasteiger partial charge >= 0.3 is 29.8 Å². The fourth-order valence-corrected chi connectivity index (χ4v) is 6.93. The van der Waals surface area contributed by atoms with Crippen molar-refractivity contribution in [1.29, 1.82) is 0 Å². The third kappa shape index (κ3) is 5.11. The average Bonchev–Trinajstić information content (AvgIpc) is 3.34. The molecule has 0 amide bonds. The van der Waals surface area contributed by atoms with Gasteiger partial charge in [0, 0.05) is 23.6 Å². The van der Waals surface area contributed by atoms with Crippen molar-refractivity contribution < 1.29 is 73.6 Å². The summed E-state index contributed by atoms with van der Waals surface area (Å²) in [5.41, 5.74) is -0.265. The van der Waals surface area contributed by atoms with Crippen molar-refractivity contribution in [1.82, 2.24) is 4.90 Å². The highest BCUT2D eigenvalue weighted by atomic mass is 16.6. The number of aliphatic hydroxyl groups is 4. The third-order valence-corrected chi connectivity index (χ3v) is 9.15. The molecule has 1 saturated heterocycles. The molecule has 1 aromatic carbocycles. The second-order valence-corrected chi connectivity index (χ2v) is 11.7. The van der Waals surface area contributed by atoms with Crippen LogP contribution in [0.25, 0.3) is 0 Å². The molecule has 16 heteroatoms. The van der Waals surface area contributed by atoms with Crippen LogP contribution in [0.2, 0.25) is 0 Å². The molecule has 2 heterocycles. The van der Waals surface area contributed by atoms with Crippen LogP contribution in [0, 0.1) is 0 Å². The van der Waals surface area contributed by atoms with Crippen molar-refractivity contribution in [3.8, 4) is 5.75 Å². The number of likely N-dealkylation sites (N-methyl/N-ethyl adjacent to an activating group) is 1. The van der Waals surface area contributed by atoms with E-state index in [1.165, 1.54) is 6.08 Å². The van der Waals surface area contributed by atoms with Gasteiger partial charge in [-0.05, 0) is 45.0 Å². The van der Waals surface area contributed by atoms with Gasteiger partial charge in [0.25, 0.3) is 0 Å². The number of aliphatic carboxylic acids is 2. The molecular weight excluding hydrogens is 602 g/mol. The molecule has 5 rings (SSSR count). The number of rotatable bonds is 11. The van der Waals surface area contributed by atoms with Crippen molar-refractivity contribution in [2.45, 2.75) is 86.8 Å². The highest BCUT2D eigenvalue weighted by Gasteiger charge is 2.72. The summed E-state index contributed by atoms with van der Waals surface area (Å²) in [5, 5.41) is 60.8. The number of likely N-dealkylation sites (tertiary alicyclic amines) is 1. The summed E-state index contributed by atoms with van der Waals surface area (Å²) >= 11 is 0. The Morgan fingerprint density at radius 3 is 2.40 bits per heavy atom. The van der Waals surface area contributed by atoms with E-state index in [4.69, 9.17) is 24.4 Å². The van der Waals surface area contributed by atoms with Crippen LogP contribution in [0.5, 0.6) is 5.75 Å². The lowest BCUT2D eigenvalue weighted by Gasteiger charge is -2.61. The number of esters is 3. The molecular formula is C29H33NO15. The van der Waals surface area contributed by atoms with Gasteiger partial charge in [-0.25, -0.2) is 19.2 Å². The highest BCUT2D eigenvalue weighted by molar-refractivity contribution is 5.88. The number of hydrogen-bond donors (Lipinski definition) is 6. The Balaban J connectivity index is 1.31. The first-order valence-corrected chi connectivity index (χ1v) is 14.1. The minimum atomic E-state index is -2.56. The molecule has 0 radical (unpaired) electrons. The number of carbonyl (C=O) groups excluding carboxylic acids is 3. The Morgan fingerprint density at radius 2 is 1.76 bits per heavy atom. The number of benzene rings is 1. The van der Waals surface area contributed by atoms with Crippen LogP contribution in [0.1, 0.15) is 42.9 Å². The summed E-state index contributed by atoms with van der Waals surface area (Å²) in [6, 6.07) is 3.31. The molecule has 4 aliphatic rings. The molecule has 45 heavy (non-hydrogen) atoms. The second kappa shape index (κ2) is 11.7. The summed E-state index contributed by atoms with van der Waals surface area (Å²) in [7, 11) is 1.91. The normalized spacial score (nSPS) is 28.7. The summed E-state index contributed by atoms with van der Waals surface area (Å²) < 4.78 is 21.0. The predicted molar refractivity (Wildman–Crippen MR) is 144 cm³/mol. The molecule has 1 fully saturated rings. The predicted octanol–water partition coefficient (Wildman–Crippen LogP) is -1.88. The molecule has 2 aliphatic carbocycles. The Kier molecular flexibility index (Phi) is 8.39. The summed E-state index contributed by atoms with van der Waals surface area (Å²) in [6.07, 6.45) is -8.69. The summed E-state index contributed by atoms with van der Waals surface area (Å²) in [5.74, 6) is -7.62. The van der Waals surface area contributed by atoms with Gasteiger partial charge in [0.1, 0.15) is 11.5 Å². The van der Waals surface area contributed by atoms with E-state index in [9.17, 15) is 44.4 Å². The Bertz CT molecular complexity index is 1470. The number of nitrogens with zero attached hydrogens (tertiary/aromatic N) is 1. The van der Waals surface area contributed by atoms with Gasteiger partial charge in [0.2, 0.25) is 6.10 Å². The highest BCUT2D eigenvalue weighted by Crippen LogP contribution is 2.64. The maximum absolute atomic E-state index is 13.0. The summed E-state index contributed by atoms with van der Waals surface area (Å²) in [6.45, 7) is 1.17. The molecule has 0 unspecified atom stereocenters. The Labute approximate surface area is 255 Å². The largest absolute Gasteiger partial charge is 0.481 e. The zero-order chi connectivity index (χ0) is 33.0. The molecule has 0 aromatic heterocycles. The molecule has 1 aromatic rings. The van der Waals surface area contributed by atoms with E-state index in [2.05, 4.69) is 9.64 Å². The number of aliphatic hydroxyl groups excluding tert-OH is 3. The fourth-order valence-electron chi connectivity index (χ4n) is 6.93. The van der Waals surface area contributed by atoms with Gasteiger partial charge in [-0.2, -0.15) is 0 Å². The van der Waals surface area contributed by atoms with Gasteiger partial charge in [-0.3, -0.25) is 4.79 Å². The van der Waals surface area contributed by atoms with Crippen molar-refractivity contribution in [2.24, 2.45) is 0 Å². The topological polar surface area (TPSA) is 247 Å². The van der Waals surface area contributed by atoms with Gasteiger partial charge in [-0.1, -0.05) is 12.1 Å². The minimum Gasteiger partial charge on any atom is -0.481 e. The second-order valence-electron chi connectivity index (χ2n) is 11.7.